The predicted octanol–water partition coefficient (Wildman–Crippen LogP) is 3.60. The molecule has 0 unspecified atom stereocenters. The van der Waals surface area contributed by atoms with Gasteiger partial charge in [0.15, 0.2) is 5.65 Å². The maximum Gasteiger partial charge on any atom is 0.169 e. The number of rotatable bonds is 4. The minimum atomic E-state index is 0.825. The van der Waals surface area contributed by atoms with E-state index in [1.54, 1.807) is 16.9 Å². The van der Waals surface area contributed by atoms with Crippen molar-refractivity contribution in [3.63, 3.8) is 0 Å². The van der Waals surface area contributed by atoms with E-state index in [1.165, 1.54) is 5.56 Å². The van der Waals surface area contributed by atoms with E-state index in [0.29, 0.717) is 0 Å². The summed E-state index contributed by atoms with van der Waals surface area (Å²) in [7, 11) is 0. The van der Waals surface area contributed by atoms with Crippen molar-refractivity contribution in [1.82, 2.24) is 24.1 Å². The number of aryl methyl sites for hydroxylation is 2. The molecule has 0 aliphatic heterocycles. The molecule has 3 heterocycles. The van der Waals surface area contributed by atoms with Crippen LogP contribution in [0.15, 0.2) is 66.0 Å². The van der Waals surface area contributed by atoms with E-state index in [-0.39, 0.29) is 0 Å². The predicted molar refractivity (Wildman–Crippen MR) is 92.1 cm³/mol. The standard InChI is InChI=1S/C17H14BrN5/c18-16-10-21-23-11-15(9-20-17(16)23)14-3-1-13(2-4-14)5-7-22-8-6-19-12-22/h1-4,6,8-12H,5,7H2. The number of benzene rings is 1. The SMILES string of the molecule is Brc1cnn2cc(-c3ccc(CCn4ccnc4)cc3)cnc12. The molecular formula is C17H14BrN5. The summed E-state index contributed by atoms with van der Waals surface area (Å²) in [6.45, 7) is 0.939. The summed E-state index contributed by atoms with van der Waals surface area (Å²) in [4.78, 5) is 8.51. The lowest BCUT2D eigenvalue weighted by molar-refractivity contribution is 0.696. The molecule has 0 bridgehead atoms. The molecule has 0 atom stereocenters. The van der Waals surface area contributed by atoms with Gasteiger partial charge in [0.05, 0.1) is 17.0 Å². The van der Waals surface area contributed by atoms with Gasteiger partial charge in [-0.3, -0.25) is 0 Å². The molecule has 1 aromatic carbocycles. The first-order valence-corrected chi connectivity index (χ1v) is 8.13. The van der Waals surface area contributed by atoms with Gasteiger partial charge in [-0.15, -0.1) is 0 Å². The second kappa shape index (κ2) is 5.96. The monoisotopic (exact) mass is 367 g/mol. The third-order valence-corrected chi connectivity index (χ3v) is 4.38. The molecular weight excluding hydrogens is 354 g/mol. The van der Waals surface area contributed by atoms with Gasteiger partial charge >= 0.3 is 0 Å². The normalized spacial score (nSPS) is 11.2. The second-order valence-corrected chi connectivity index (χ2v) is 6.21. The highest BCUT2D eigenvalue weighted by atomic mass is 79.9. The van der Waals surface area contributed by atoms with Crippen LogP contribution in [-0.4, -0.2) is 24.1 Å². The van der Waals surface area contributed by atoms with Crippen LogP contribution in [0.1, 0.15) is 5.56 Å². The molecule has 0 radical (unpaired) electrons. The minimum absolute atomic E-state index is 0.825. The maximum absolute atomic E-state index is 4.45. The van der Waals surface area contributed by atoms with Crippen LogP contribution in [0.25, 0.3) is 16.8 Å². The Kier molecular flexibility index (Phi) is 3.67. The Morgan fingerprint density at radius 2 is 1.91 bits per heavy atom. The summed E-state index contributed by atoms with van der Waals surface area (Å²) in [5, 5.41) is 4.28. The van der Waals surface area contributed by atoms with Crippen molar-refractivity contribution in [2.75, 3.05) is 0 Å². The molecule has 4 rings (SSSR count). The van der Waals surface area contributed by atoms with Gasteiger partial charge in [0, 0.05) is 36.9 Å². The summed E-state index contributed by atoms with van der Waals surface area (Å²) in [6, 6.07) is 8.58. The first-order valence-electron chi connectivity index (χ1n) is 7.33. The number of hydrogen-bond acceptors (Lipinski definition) is 3. The maximum atomic E-state index is 4.45. The fourth-order valence-electron chi connectivity index (χ4n) is 2.54. The van der Waals surface area contributed by atoms with E-state index in [1.807, 2.05) is 24.9 Å². The lowest BCUT2D eigenvalue weighted by Gasteiger charge is -2.06. The molecule has 0 N–H and O–H groups in total. The van der Waals surface area contributed by atoms with Crippen molar-refractivity contribution in [1.29, 1.82) is 0 Å². The molecule has 0 saturated heterocycles. The van der Waals surface area contributed by atoms with Crippen LogP contribution in [0.2, 0.25) is 0 Å². The molecule has 5 nitrogen and oxygen atoms in total. The third-order valence-electron chi connectivity index (χ3n) is 3.82. The molecule has 0 saturated carbocycles. The number of hydrogen-bond donors (Lipinski definition) is 0. The van der Waals surface area contributed by atoms with Gasteiger partial charge in [0.25, 0.3) is 0 Å². The number of aromatic nitrogens is 5. The fourth-order valence-corrected chi connectivity index (χ4v) is 2.91. The largest absolute Gasteiger partial charge is 0.337 e. The summed E-state index contributed by atoms with van der Waals surface area (Å²) in [5.41, 5.74) is 4.32. The van der Waals surface area contributed by atoms with Gasteiger partial charge in [-0.2, -0.15) is 5.10 Å². The average Bonchev–Trinajstić information content (AvgIpc) is 3.23. The van der Waals surface area contributed by atoms with Gasteiger partial charge in [0.1, 0.15) is 0 Å². The minimum Gasteiger partial charge on any atom is -0.337 e. The van der Waals surface area contributed by atoms with E-state index in [4.69, 9.17) is 0 Å². The first kappa shape index (κ1) is 14.1. The average molecular weight is 368 g/mol. The van der Waals surface area contributed by atoms with Crippen molar-refractivity contribution in [3.8, 4) is 11.1 Å². The molecule has 0 fully saturated rings. The topological polar surface area (TPSA) is 48.0 Å². The number of fused-ring (bicyclic) bond motifs is 1. The van der Waals surface area contributed by atoms with Crippen molar-refractivity contribution in [2.24, 2.45) is 0 Å². The first-order chi connectivity index (χ1) is 11.3. The molecule has 0 amide bonds. The molecule has 3 aromatic heterocycles. The highest BCUT2D eigenvalue weighted by Crippen LogP contribution is 2.22. The van der Waals surface area contributed by atoms with E-state index < -0.39 is 0 Å². The second-order valence-electron chi connectivity index (χ2n) is 5.35. The van der Waals surface area contributed by atoms with Gasteiger partial charge in [-0.1, -0.05) is 24.3 Å². The molecule has 0 aliphatic rings. The number of imidazole rings is 1. The summed E-state index contributed by atoms with van der Waals surface area (Å²) in [6.07, 6.45) is 12.2. The Morgan fingerprint density at radius 3 is 2.70 bits per heavy atom. The zero-order valence-electron chi connectivity index (χ0n) is 12.3. The van der Waals surface area contributed by atoms with Crippen LogP contribution in [0, 0.1) is 0 Å². The van der Waals surface area contributed by atoms with Crippen molar-refractivity contribution < 1.29 is 0 Å². The Labute approximate surface area is 141 Å². The van der Waals surface area contributed by atoms with E-state index in [0.717, 1.165) is 34.2 Å². The molecule has 114 valence electrons. The lowest BCUT2D eigenvalue weighted by atomic mass is 10.1. The van der Waals surface area contributed by atoms with Gasteiger partial charge in [0.2, 0.25) is 0 Å². The smallest absolute Gasteiger partial charge is 0.169 e. The van der Waals surface area contributed by atoms with E-state index in [9.17, 15) is 0 Å². The van der Waals surface area contributed by atoms with Crippen molar-refractivity contribution >= 4 is 21.6 Å². The quantitative estimate of drug-likeness (QED) is 0.553. The Bertz CT molecular complexity index is 925. The van der Waals surface area contributed by atoms with Crippen LogP contribution in [0.4, 0.5) is 0 Å². The van der Waals surface area contributed by atoms with Crippen LogP contribution >= 0.6 is 15.9 Å². The number of nitrogens with zero attached hydrogens (tertiary/aromatic N) is 5. The van der Waals surface area contributed by atoms with Crippen LogP contribution in [0.5, 0.6) is 0 Å². The van der Waals surface area contributed by atoms with Gasteiger partial charge < -0.3 is 4.57 Å². The van der Waals surface area contributed by atoms with E-state index >= 15 is 0 Å². The summed E-state index contributed by atoms with van der Waals surface area (Å²) >= 11 is 3.44. The lowest BCUT2D eigenvalue weighted by Crippen LogP contribution is -1.98. The number of halogens is 1. The Balaban J connectivity index is 1.54. The molecule has 0 spiro atoms. The zero-order chi connectivity index (χ0) is 15.6. The highest BCUT2D eigenvalue weighted by Gasteiger charge is 2.05. The van der Waals surface area contributed by atoms with Crippen LogP contribution in [-0.2, 0) is 13.0 Å². The summed E-state index contributed by atoms with van der Waals surface area (Å²) < 4.78 is 4.77. The Hall–Kier alpha value is -2.47. The molecule has 6 heteroatoms. The summed E-state index contributed by atoms with van der Waals surface area (Å²) in [5.74, 6) is 0. The van der Waals surface area contributed by atoms with Gasteiger partial charge in [-0.05, 0) is 33.5 Å². The zero-order valence-corrected chi connectivity index (χ0v) is 13.9. The van der Waals surface area contributed by atoms with Crippen LogP contribution < -0.4 is 0 Å². The highest BCUT2D eigenvalue weighted by molar-refractivity contribution is 9.10. The van der Waals surface area contributed by atoms with Crippen LogP contribution in [0.3, 0.4) is 0 Å². The molecule has 23 heavy (non-hydrogen) atoms. The molecule has 4 aromatic rings. The fraction of sp³-hybridized carbons (Fsp3) is 0.118. The Morgan fingerprint density at radius 1 is 1.04 bits per heavy atom. The van der Waals surface area contributed by atoms with Gasteiger partial charge in [-0.25, -0.2) is 14.5 Å². The third kappa shape index (κ3) is 2.90. The van der Waals surface area contributed by atoms with E-state index in [2.05, 4.69) is 59.8 Å². The van der Waals surface area contributed by atoms with Crippen molar-refractivity contribution in [3.05, 3.63) is 71.6 Å². The van der Waals surface area contributed by atoms with Crippen molar-refractivity contribution in [2.45, 2.75) is 13.0 Å². The molecule has 0 aliphatic carbocycles.